The molecule has 1 fully saturated rings. The van der Waals surface area contributed by atoms with Crippen molar-refractivity contribution in [3.05, 3.63) is 0 Å². The van der Waals surface area contributed by atoms with Crippen molar-refractivity contribution in [1.29, 1.82) is 5.26 Å². The van der Waals surface area contributed by atoms with E-state index < -0.39 is 5.41 Å². The summed E-state index contributed by atoms with van der Waals surface area (Å²) in [6, 6.07) is 2.21. The predicted octanol–water partition coefficient (Wildman–Crippen LogP) is 2.57. The summed E-state index contributed by atoms with van der Waals surface area (Å²) in [4.78, 5) is 14.0. The average Bonchev–Trinajstić information content (AvgIpc) is 2.26. The third-order valence-corrected chi connectivity index (χ3v) is 3.93. The van der Waals surface area contributed by atoms with Crippen molar-refractivity contribution in [3.8, 4) is 6.07 Å². The first-order chi connectivity index (χ1) is 7.59. The van der Waals surface area contributed by atoms with Crippen LogP contribution in [0.25, 0.3) is 0 Å². The van der Waals surface area contributed by atoms with Crippen molar-refractivity contribution in [2.75, 3.05) is 13.6 Å². The lowest BCUT2D eigenvalue weighted by Gasteiger charge is -2.34. The van der Waals surface area contributed by atoms with E-state index in [1.807, 2.05) is 20.9 Å². The maximum atomic E-state index is 12.2. The number of rotatable bonds is 5. The van der Waals surface area contributed by atoms with Crippen molar-refractivity contribution < 1.29 is 4.79 Å². The fourth-order valence-electron chi connectivity index (χ4n) is 2.27. The number of hydrogen-bond donors (Lipinski definition) is 0. The van der Waals surface area contributed by atoms with Crippen LogP contribution in [0.1, 0.15) is 46.0 Å². The second-order valence-electron chi connectivity index (χ2n) is 4.88. The van der Waals surface area contributed by atoms with E-state index in [1.165, 1.54) is 19.3 Å². The molecule has 0 radical (unpaired) electrons. The van der Waals surface area contributed by atoms with Gasteiger partial charge in [0.1, 0.15) is 5.41 Å². The van der Waals surface area contributed by atoms with Gasteiger partial charge in [0.2, 0.25) is 5.91 Å². The van der Waals surface area contributed by atoms with Crippen LogP contribution in [-0.4, -0.2) is 24.4 Å². The molecule has 0 saturated heterocycles. The molecule has 1 saturated carbocycles. The molecule has 0 N–H and O–H groups in total. The van der Waals surface area contributed by atoms with Crippen LogP contribution in [0.2, 0.25) is 0 Å². The van der Waals surface area contributed by atoms with Gasteiger partial charge >= 0.3 is 0 Å². The van der Waals surface area contributed by atoms with Crippen LogP contribution in [0.3, 0.4) is 0 Å². The molecule has 0 unspecified atom stereocenters. The number of amides is 1. The SMILES string of the molecule is CCC(C#N)(CC)C(=O)N(C)CC1CCC1. The molecule has 0 aliphatic heterocycles. The summed E-state index contributed by atoms with van der Waals surface area (Å²) < 4.78 is 0. The molecule has 1 aliphatic rings. The van der Waals surface area contributed by atoms with Crippen LogP contribution in [0.15, 0.2) is 0 Å². The molecule has 3 nitrogen and oxygen atoms in total. The van der Waals surface area contributed by atoms with Crippen LogP contribution < -0.4 is 0 Å². The van der Waals surface area contributed by atoms with Gasteiger partial charge in [-0.1, -0.05) is 20.3 Å². The van der Waals surface area contributed by atoms with E-state index in [1.54, 1.807) is 4.90 Å². The molecule has 3 heteroatoms. The third kappa shape index (κ3) is 2.37. The molecule has 0 aromatic rings. The molecule has 0 aromatic carbocycles. The first-order valence-electron chi connectivity index (χ1n) is 6.26. The first-order valence-corrected chi connectivity index (χ1v) is 6.26. The zero-order valence-corrected chi connectivity index (χ0v) is 10.6. The Labute approximate surface area is 98.4 Å². The Kier molecular flexibility index (Phi) is 4.35. The molecule has 0 atom stereocenters. The Balaban J connectivity index is 2.62. The summed E-state index contributed by atoms with van der Waals surface area (Å²) in [5.41, 5.74) is -0.793. The second kappa shape index (κ2) is 5.34. The van der Waals surface area contributed by atoms with Crippen molar-refractivity contribution in [1.82, 2.24) is 4.90 Å². The van der Waals surface area contributed by atoms with Gasteiger partial charge in [0, 0.05) is 13.6 Å². The Morgan fingerprint density at radius 3 is 2.31 bits per heavy atom. The minimum absolute atomic E-state index is 0.00639. The standard InChI is InChI=1S/C13H22N2O/c1-4-13(5-2,10-14)12(16)15(3)9-11-7-6-8-11/h11H,4-9H2,1-3H3. The number of carbonyl (C=O) groups excluding carboxylic acids is 1. The van der Waals surface area contributed by atoms with Gasteiger partial charge in [-0.2, -0.15) is 5.26 Å². The molecule has 1 rings (SSSR count). The highest BCUT2D eigenvalue weighted by Crippen LogP contribution is 2.31. The smallest absolute Gasteiger partial charge is 0.242 e. The summed E-state index contributed by atoms with van der Waals surface area (Å²) in [6.45, 7) is 4.66. The number of hydrogen-bond acceptors (Lipinski definition) is 2. The first kappa shape index (κ1) is 13.0. The average molecular weight is 222 g/mol. The van der Waals surface area contributed by atoms with Gasteiger partial charge in [0.05, 0.1) is 6.07 Å². The van der Waals surface area contributed by atoms with E-state index in [2.05, 4.69) is 6.07 Å². The van der Waals surface area contributed by atoms with E-state index in [0.29, 0.717) is 18.8 Å². The summed E-state index contributed by atoms with van der Waals surface area (Å²) in [5, 5.41) is 9.20. The predicted molar refractivity (Wildman–Crippen MR) is 63.6 cm³/mol. The van der Waals surface area contributed by atoms with Gasteiger partial charge in [-0.3, -0.25) is 4.79 Å². The van der Waals surface area contributed by atoms with Gasteiger partial charge in [-0.15, -0.1) is 0 Å². The van der Waals surface area contributed by atoms with Crippen molar-refractivity contribution >= 4 is 5.91 Å². The lowest BCUT2D eigenvalue weighted by Crippen LogP contribution is -2.43. The minimum Gasteiger partial charge on any atom is -0.344 e. The maximum absolute atomic E-state index is 12.2. The lowest BCUT2D eigenvalue weighted by molar-refractivity contribution is -0.139. The van der Waals surface area contributed by atoms with Crippen LogP contribution in [0, 0.1) is 22.7 Å². The third-order valence-electron chi connectivity index (χ3n) is 3.93. The lowest BCUT2D eigenvalue weighted by atomic mass is 9.81. The number of nitrogens with zero attached hydrogens (tertiary/aromatic N) is 2. The van der Waals surface area contributed by atoms with E-state index in [9.17, 15) is 10.1 Å². The van der Waals surface area contributed by atoms with E-state index in [0.717, 1.165) is 6.54 Å². The minimum atomic E-state index is -0.793. The van der Waals surface area contributed by atoms with E-state index in [-0.39, 0.29) is 5.91 Å². The molecular weight excluding hydrogens is 200 g/mol. The highest BCUT2D eigenvalue weighted by Gasteiger charge is 2.38. The fraction of sp³-hybridized carbons (Fsp3) is 0.846. The van der Waals surface area contributed by atoms with Gasteiger partial charge in [0.15, 0.2) is 0 Å². The highest BCUT2D eigenvalue weighted by molar-refractivity contribution is 5.85. The largest absolute Gasteiger partial charge is 0.344 e. The summed E-state index contributed by atoms with van der Waals surface area (Å²) in [7, 11) is 1.83. The van der Waals surface area contributed by atoms with Crippen LogP contribution >= 0.6 is 0 Å². The second-order valence-corrected chi connectivity index (χ2v) is 4.88. The molecule has 0 aromatic heterocycles. The fourth-order valence-corrected chi connectivity index (χ4v) is 2.27. The Morgan fingerprint density at radius 2 is 2.00 bits per heavy atom. The van der Waals surface area contributed by atoms with Gasteiger partial charge in [0.25, 0.3) is 0 Å². The maximum Gasteiger partial charge on any atom is 0.242 e. The summed E-state index contributed by atoms with van der Waals surface area (Å²) in [5.74, 6) is 0.672. The molecule has 0 bridgehead atoms. The number of nitriles is 1. The van der Waals surface area contributed by atoms with E-state index >= 15 is 0 Å². The van der Waals surface area contributed by atoms with Crippen molar-refractivity contribution in [2.45, 2.75) is 46.0 Å². The molecular formula is C13H22N2O. The van der Waals surface area contributed by atoms with Crippen LogP contribution in [0.5, 0.6) is 0 Å². The summed E-state index contributed by atoms with van der Waals surface area (Å²) >= 11 is 0. The zero-order valence-electron chi connectivity index (χ0n) is 10.6. The van der Waals surface area contributed by atoms with Crippen LogP contribution in [-0.2, 0) is 4.79 Å². The molecule has 1 aliphatic carbocycles. The molecule has 16 heavy (non-hydrogen) atoms. The van der Waals surface area contributed by atoms with Crippen molar-refractivity contribution in [3.63, 3.8) is 0 Å². The topological polar surface area (TPSA) is 44.1 Å². The molecule has 0 spiro atoms. The quantitative estimate of drug-likeness (QED) is 0.717. The Bertz CT molecular complexity index is 285. The van der Waals surface area contributed by atoms with Crippen molar-refractivity contribution in [2.24, 2.45) is 11.3 Å². The highest BCUT2D eigenvalue weighted by atomic mass is 16.2. The zero-order chi connectivity index (χ0) is 12.2. The Hall–Kier alpha value is -1.04. The van der Waals surface area contributed by atoms with Gasteiger partial charge in [-0.05, 0) is 31.6 Å². The van der Waals surface area contributed by atoms with Crippen LogP contribution in [0.4, 0.5) is 0 Å². The van der Waals surface area contributed by atoms with Gasteiger partial charge < -0.3 is 4.90 Å². The molecule has 0 heterocycles. The molecule has 90 valence electrons. The summed E-state index contributed by atoms with van der Waals surface area (Å²) in [6.07, 6.45) is 4.96. The van der Waals surface area contributed by atoms with Gasteiger partial charge in [-0.25, -0.2) is 0 Å². The number of carbonyl (C=O) groups is 1. The normalized spacial score (nSPS) is 16.4. The van der Waals surface area contributed by atoms with E-state index in [4.69, 9.17) is 0 Å². The molecule has 1 amide bonds. The monoisotopic (exact) mass is 222 g/mol. The Morgan fingerprint density at radius 1 is 1.44 bits per heavy atom.